The second-order valence-corrected chi connectivity index (χ2v) is 2.06. The Kier molecular flexibility index (Phi) is 5.42. The van der Waals surface area contributed by atoms with Crippen molar-refractivity contribution in [1.29, 1.82) is 0 Å². The minimum absolute atomic E-state index is 0.0200. The van der Waals surface area contributed by atoms with Gasteiger partial charge in [0.1, 0.15) is 0 Å². The van der Waals surface area contributed by atoms with Crippen molar-refractivity contribution in [3.05, 3.63) is 12.7 Å². The van der Waals surface area contributed by atoms with Gasteiger partial charge in [-0.2, -0.15) is 0 Å². The first-order valence-electron chi connectivity index (χ1n) is 3.45. The van der Waals surface area contributed by atoms with Crippen LogP contribution in [0.2, 0.25) is 0 Å². The van der Waals surface area contributed by atoms with Gasteiger partial charge in [-0.15, -0.1) is 6.58 Å². The van der Waals surface area contributed by atoms with Crippen LogP contribution in [0.4, 0.5) is 0 Å². The van der Waals surface area contributed by atoms with Gasteiger partial charge in [0.25, 0.3) is 0 Å². The summed E-state index contributed by atoms with van der Waals surface area (Å²) < 4.78 is 0. The van der Waals surface area contributed by atoms with Crippen LogP contribution in [0.15, 0.2) is 12.7 Å². The monoisotopic (exact) mass is 158 g/mol. The van der Waals surface area contributed by atoms with Crippen LogP contribution in [0, 0.1) is 0 Å². The molecular formula is C7H14N2O2. The summed E-state index contributed by atoms with van der Waals surface area (Å²) in [5, 5.41) is 8.54. The summed E-state index contributed by atoms with van der Waals surface area (Å²) in [5.74, 6) is -0.168. The zero-order valence-electron chi connectivity index (χ0n) is 6.49. The molecule has 64 valence electrons. The van der Waals surface area contributed by atoms with E-state index < -0.39 is 0 Å². The van der Waals surface area contributed by atoms with Crippen LogP contribution in [0.1, 0.15) is 0 Å². The molecule has 0 aliphatic carbocycles. The Balaban J connectivity index is 3.86. The summed E-state index contributed by atoms with van der Waals surface area (Å²) in [6, 6.07) is 0. The zero-order chi connectivity index (χ0) is 8.69. The molecule has 4 nitrogen and oxygen atoms in total. The summed E-state index contributed by atoms with van der Waals surface area (Å²) in [5.41, 5.74) is 5.13. The molecule has 0 atom stereocenters. The van der Waals surface area contributed by atoms with Gasteiger partial charge >= 0.3 is 0 Å². The van der Waals surface area contributed by atoms with Gasteiger partial charge in [-0.3, -0.25) is 4.79 Å². The third-order valence-electron chi connectivity index (χ3n) is 1.25. The van der Waals surface area contributed by atoms with Gasteiger partial charge < -0.3 is 15.7 Å². The smallest absolute Gasteiger partial charge is 0.236 e. The van der Waals surface area contributed by atoms with E-state index in [2.05, 4.69) is 6.58 Å². The predicted molar refractivity (Wildman–Crippen MR) is 42.9 cm³/mol. The van der Waals surface area contributed by atoms with Crippen LogP contribution in [0.5, 0.6) is 0 Å². The molecule has 0 spiro atoms. The Bertz CT molecular complexity index is 136. The van der Waals surface area contributed by atoms with E-state index >= 15 is 0 Å². The van der Waals surface area contributed by atoms with E-state index in [1.807, 2.05) is 0 Å². The Morgan fingerprint density at radius 2 is 2.36 bits per heavy atom. The SMILES string of the molecule is C=CCN(CCO)C(=O)CN. The van der Waals surface area contributed by atoms with Crippen LogP contribution in [-0.2, 0) is 4.79 Å². The third-order valence-corrected chi connectivity index (χ3v) is 1.25. The molecule has 0 rings (SSSR count). The lowest BCUT2D eigenvalue weighted by Gasteiger charge is -2.18. The molecule has 0 unspecified atom stereocenters. The van der Waals surface area contributed by atoms with Gasteiger partial charge in [0.05, 0.1) is 13.2 Å². The molecule has 0 aromatic rings. The van der Waals surface area contributed by atoms with Gasteiger partial charge in [0, 0.05) is 13.1 Å². The fraction of sp³-hybridized carbons (Fsp3) is 0.571. The number of aliphatic hydroxyl groups is 1. The van der Waals surface area contributed by atoms with Crippen molar-refractivity contribution in [3.8, 4) is 0 Å². The average molecular weight is 158 g/mol. The van der Waals surface area contributed by atoms with Crippen LogP contribution in [-0.4, -0.2) is 42.2 Å². The van der Waals surface area contributed by atoms with Crippen LogP contribution < -0.4 is 5.73 Å². The number of amides is 1. The normalized spacial score (nSPS) is 9.27. The number of nitrogens with two attached hydrogens (primary N) is 1. The molecule has 0 fully saturated rings. The van der Waals surface area contributed by atoms with Crippen molar-refractivity contribution in [1.82, 2.24) is 4.90 Å². The molecule has 0 aliphatic heterocycles. The third kappa shape index (κ3) is 3.75. The first kappa shape index (κ1) is 10.1. The standard InChI is InChI=1S/C7H14N2O2/c1-2-3-9(4-5-10)7(11)6-8/h2,10H,1,3-6,8H2. The molecule has 3 N–H and O–H groups in total. The number of hydrogen-bond donors (Lipinski definition) is 2. The molecule has 4 heteroatoms. The molecule has 0 saturated carbocycles. The molecule has 11 heavy (non-hydrogen) atoms. The minimum Gasteiger partial charge on any atom is -0.395 e. The second kappa shape index (κ2) is 5.88. The largest absolute Gasteiger partial charge is 0.395 e. The van der Waals surface area contributed by atoms with Gasteiger partial charge in [-0.25, -0.2) is 0 Å². The maximum atomic E-state index is 10.9. The summed E-state index contributed by atoms with van der Waals surface area (Å²) in [6.45, 7) is 4.18. The van der Waals surface area contributed by atoms with Crippen molar-refractivity contribution in [2.24, 2.45) is 5.73 Å². The Labute approximate surface area is 66.3 Å². The van der Waals surface area contributed by atoms with Crippen LogP contribution in [0.3, 0.4) is 0 Å². The summed E-state index contributed by atoms with van der Waals surface area (Å²) in [6.07, 6.45) is 1.60. The lowest BCUT2D eigenvalue weighted by Crippen LogP contribution is -2.37. The lowest BCUT2D eigenvalue weighted by molar-refractivity contribution is -0.129. The molecule has 0 aliphatic rings. The van der Waals surface area contributed by atoms with Gasteiger partial charge in [-0.1, -0.05) is 6.08 Å². The maximum Gasteiger partial charge on any atom is 0.236 e. The number of aliphatic hydroxyl groups excluding tert-OH is 1. The van der Waals surface area contributed by atoms with Crippen molar-refractivity contribution >= 4 is 5.91 Å². The van der Waals surface area contributed by atoms with E-state index in [1.165, 1.54) is 4.90 Å². The van der Waals surface area contributed by atoms with Gasteiger partial charge in [0.2, 0.25) is 5.91 Å². The topological polar surface area (TPSA) is 66.6 Å². The maximum absolute atomic E-state index is 10.9. The van der Waals surface area contributed by atoms with Gasteiger partial charge in [-0.05, 0) is 0 Å². The minimum atomic E-state index is -0.168. The number of carbonyl (C=O) groups is 1. The number of carbonyl (C=O) groups excluding carboxylic acids is 1. The summed E-state index contributed by atoms with van der Waals surface area (Å²) in [4.78, 5) is 12.4. The first-order valence-corrected chi connectivity index (χ1v) is 3.45. The highest BCUT2D eigenvalue weighted by molar-refractivity contribution is 5.78. The molecule has 0 bridgehead atoms. The van der Waals surface area contributed by atoms with Gasteiger partial charge in [0.15, 0.2) is 0 Å². The van der Waals surface area contributed by atoms with E-state index in [4.69, 9.17) is 10.8 Å². The summed E-state index contributed by atoms with van der Waals surface area (Å²) in [7, 11) is 0. The van der Waals surface area contributed by atoms with E-state index in [0.717, 1.165) is 0 Å². The number of hydrogen-bond acceptors (Lipinski definition) is 3. The molecule has 0 saturated heterocycles. The highest BCUT2D eigenvalue weighted by Crippen LogP contribution is 1.87. The first-order chi connectivity index (χ1) is 5.26. The molecule has 0 aromatic carbocycles. The van der Waals surface area contributed by atoms with Crippen molar-refractivity contribution in [2.75, 3.05) is 26.2 Å². The molecule has 0 heterocycles. The molecule has 0 radical (unpaired) electrons. The van der Waals surface area contributed by atoms with Crippen molar-refractivity contribution in [2.45, 2.75) is 0 Å². The number of rotatable bonds is 5. The molecule has 1 amide bonds. The molecular weight excluding hydrogens is 144 g/mol. The highest BCUT2D eigenvalue weighted by atomic mass is 16.3. The highest BCUT2D eigenvalue weighted by Gasteiger charge is 2.07. The fourth-order valence-electron chi connectivity index (χ4n) is 0.723. The van der Waals surface area contributed by atoms with E-state index in [9.17, 15) is 4.79 Å². The van der Waals surface area contributed by atoms with E-state index in [1.54, 1.807) is 6.08 Å². The zero-order valence-corrected chi connectivity index (χ0v) is 6.49. The second-order valence-electron chi connectivity index (χ2n) is 2.06. The Morgan fingerprint density at radius 1 is 1.73 bits per heavy atom. The van der Waals surface area contributed by atoms with Crippen molar-refractivity contribution < 1.29 is 9.90 Å². The van der Waals surface area contributed by atoms with Crippen LogP contribution >= 0.6 is 0 Å². The average Bonchev–Trinajstić information content (AvgIpc) is 2.03. The lowest BCUT2D eigenvalue weighted by atomic mass is 10.4. The quantitative estimate of drug-likeness (QED) is 0.502. The Hall–Kier alpha value is -0.870. The van der Waals surface area contributed by atoms with Crippen LogP contribution in [0.25, 0.3) is 0 Å². The fourth-order valence-corrected chi connectivity index (χ4v) is 0.723. The predicted octanol–water partition coefficient (Wildman–Crippen LogP) is -1.05. The van der Waals surface area contributed by atoms with E-state index in [0.29, 0.717) is 13.1 Å². The number of nitrogens with zero attached hydrogens (tertiary/aromatic N) is 1. The Morgan fingerprint density at radius 3 is 2.73 bits per heavy atom. The molecule has 0 aromatic heterocycles. The van der Waals surface area contributed by atoms with E-state index in [-0.39, 0.29) is 19.1 Å². The van der Waals surface area contributed by atoms with Crippen molar-refractivity contribution in [3.63, 3.8) is 0 Å². The summed E-state index contributed by atoms with van der Waals surface area (Å²) >= 11 is 0.